The van der Waals surface area contributed by atoms with Crippen LogP contribution in [0.1, 0.15) is 44.9 Å². The maximum absolute atomic E-state index is 12.5. The summed E-state index contributed by atoms with van der Waals surface area (Å²) in [5, 5.41) is 18.1. The fraction of sp³-hybridized carbons (Fsp3) is 0.857. The number of hydrogen-bond acceptors (Lipinski definition) is 3. The molecule has 1 amide bonds. The number of carbonyl (C=O) groups excluding carboxylic acids is 1. The lowest BCUT2D eigenvalue weighted by Crippen LogP contribution is -2.46. The minimum Gasteiger partial charge on any atom is -0.481 e. The third kappa shape index (κ3) is 3.26. The predicted molar refractivity (Wildman–Crippen MR) is 69.5 cm³/mol. The number of aliphatic carboxylic acids is 1. The summed E-state index contributed by atoms with van der Waals surface area (Å²) < 4.78 is 0. The Kier molecular flexibility index (Phi) is 4.80. The van der Waals surface area contributed by atoms with Crippen molar-refractivity contribution in [3.05, 3.63) is 0 Å². The van der Waals surface area contributed by atoms with Gasteiger partial charge in [-0.25, -0.2) is 0 Å². The lowest BCUT2D eigenvalue weighted by Gasteiger charge is -2.37. The van der Waals surface area contributed by atoms with E-state index >= 15 is 0 Å². The van der Waals surface area contributed by atoms with Crippen molar-refractivity contribution in [1.82, 2.24) is 4.90 Å². The van der Waals surface area contributed by atoms with Gasteiger partial charge in [-0.05, 0) is 44.9 Å². The molecule has 0 aromatic carbocycles. The SMILES string of the molecule is O=C(O)[C@@H]1CC[C@H](C(=O)N2CCCCC2CCO)C1. The van der Waals surface area contributed by atoms with E-state index in [1.54, 1.807) is 0 Å². The molecule has 1 aliphatic carbocycles. The van der Waals surface area contributed by atoms with Crippen molar-refractivity contribution in [2.24, 2.45) is 11.8 Å². The van der Waals surface area contributed by atoms with Gasteiger partial charge < -0.3 is 15.1 Å². The van der Waals surface area contributed by atoms with Crippen molar-refractivity contribution < 1.29 is 19.8 Å². The van der Waals surface area contributed by atoms with Crippen LogP contribution >= 0.6 is 0 Å². The van der Waals surface area contributed by atoms with Gasteiger partial charge in [0.25, 0.3) is 0 Å². The van der Waals surface area contributed by atoms with Gasteiger partial charge in [0.15, 0.2) is 0 Å². The zero-order chi connectivity index (χ0) is 13.8. The largest absolute Gasteiger partial charge is 0.481 e. The second kappa shape index (κ2) is 6.37. The van der Waals surface area contributed by atoms with E-state index in [9.17, 15) is 9.59 Å². The number of aliphatic hydroxyl groups excluding tert-OH is 1. The van der Waals surface area contributed by atoms with E-state index in [0.29, 0.717) is 25.7 Å². The Morgan fingerprint density at radius 1 is 1.11 bits per heavy atom. The Morgan fingerprint density at radius 2 is 1.84 bits per heavy atom. The number of carbonyl (C=O) groups is 2. The number of carboxylic acid groups (broad SMARTS) is 1. The molecule has 2 N–H and O–H groups in total. The number of amides is 1. The standard InChI is InChI=1S/C14H23NO4/c16-8-6-12-3-1-2-7-15(12)13(17)10-4-5-11(9-10)14(18)19/h10-12,16H,1-9H2,(H,18,19)/t10-,11+,12?/m0/s1. The van der Waals surface area contributed by atoms with Gasteiger partial charge in [-0.3, -0.25) is 9.59 Å². The van der Waals surface area contributed by atoms with Gasteiger partial charge >= 0.3 is 5.97 Å². The number of rotatable bonds is 4. The average molecular weight is 269 g/mol. The van der Waals surface area contributed by atoms with Crippen LogP contribution in [-0.2, 0) is 9.59 Å². The van der Waals surface area contributed by atoms with Crippen LogP contribution < -0.4 is 0 Å². The normalized spacial score (nSPS) is 31.4. The maximum Gasteiger partial charge on any atom is 0.306 e. The zero-order valence-corrected chi connectivity index (χ0v) is 11.3. The van der Waals surface area contributed by atoms with Crippen molar-refractivity contribution >= 4 is 11.9 Å². The van der Waals surface area contributed by atoms with Gasteiger partial charge in [-0.15, -0.1) is 0 Å². The van der Waals surface area contributed by atoms with Crippen LogP contribution in [0.15, 0.2) is 0 Å². The van der Waals surface area contributed by atoms with E-state index in [4.69, 9.17) is 10.2 Å². The highest BCUT2D eigenvalue weighted by molar-refractivity contribution is 5.81. The molecule has 0 aromatic rings. The monoisotopic (exact) mass is 269 g/mol. The highest BCUT2D eigenvalue weighted by Crippen LogP contribution is 2.34. The molecule has 2 rings (SSSR count). The van der Waals surface area contributed by atoms with Crippen molar-refractivity contribution in [3.8, 4) is 0 Å². The van der Waals surface area contributed by atoms with E-state index in [1.807, 2.05) is 4.90 Å². The number of carboxylic acids is 1. The number of nitrogens with zero attached hydrogens (tertiary/aromatic N) is 1. The molecule has 1 saturated heterocycles. The predicted octanol–water partition coefficient (Wildman–Crippen LogP) is 1.25. The fourth-order valence-electron chi connectivity index (χ4n) is 3.40. The first-order valence-electron chi connectivity index (χ1n) is 7.27. The minimum atomic E-state index is -0.777. The molecule has 5 nitrogen and oxygen atoms in total. The molecule has 0 spiro atoms. The second-order valence-electron chi connectivity index (χ2n) is 5.74. The van der Waals surface area contributed by atoms with Crippen molar-refractivity contribution in [3.63, 3.8) is 0 Å². The number of hydrogen-bond donors (Lipinski definition) is 2. The summed E-state index contributed by atoms with van der Waals surface area (Å²) in [6, 6.07) is 0.148. The Hall–Kier alpha value is -1.10. The molecule has 1 saturated carbocycles. The molecule has 0 radical (unpaired) electrons. The molecule has 1 aliphatic heterocycles. The van der Waals surface area contributed by atoms with Crippen molar-refractivity contribution in [1.29, 1.82) is 0 Å². The molecule has 2 fully saturated rings. The molecule has 3 atom stereocenters. The Morgan fingerprint density at radius 3 is 2.47 bits per heavy atom. The van der Waals surface area contributed by atoms with Crippen LogP contribution in [0.25, 0.3) is 0 Å². The second-order valence-corrected chi connectivity index (χ2v) is 5.74. The molecular formula is C14H23NO4. The third-order valence-corrected chi connectivity index (χ3v) is 4.50. The lowest BCUT2D eigenvalue weighted by atomic mass is 9.96. The summed E-state index contributed by atoms with van der Waals surface area (Å²) in [4.78, 5) is 25.4. The molecule has 5 heteroatoms. The van der Waals surface area contributed by atoms with Gasteiger partial charge in [0, 0.05) is 25.1 Å². The number of aliphatic hydroxyl groups is 1. The van der Waals surface area contributed by atoms with Crippen LogP contribution in [-0.4, -0.2) is 46.2 Å². The van der Waals surface area contributed by atoms with E-state index in [-0.39, 0.29) is 30.4 Å². The molecule has 1 unspecified atom stereocenters. The molecule has 19 heavy (non-hydrogen) atoms. The summed E-state index contributed by atoms with van der Waals surface area (Å²) in [7, 11) is 0. The van der Waals surface area contributed by atoms with Crippen LogP contribution in [0, 0.1) is 11.8 Å². The van der Waals surface area contributed by atoms with Crippen LogP contribution in [0.4, 0.5) is 0 Å². The van der Waals surface area contributed by atoms with Gasteiger partial charge in [-0.1, -0.05) is 0 Å². The van der Waals surface area contributed by atoms with Crippen LogP contribution in [0.2, 0.25) is 0 Å². The first kappa shape index (κ1) is 14.3. The van der Waals surface area contributed by atoms with Crippen molar-refractivity contribution in [2.75, 3.05) is 13.2 Å². The first-order chi connectivity index (χ1) is 9.13. The highest BCUT2D eigenvalue weighted by atomic mass is 16.4. The van der Waals surface area contributed by atoms with E-state index in [0.717, 1.165) is 25.8 Å². The molecular weight excluding hydrogens is 246 g/mol. The van der Waals surface area contributed by atoms with Gasteiger partial charge in [0.2, 0.25) is 5.91 Å². The van der Waals surface area contributed by atoms with Crippen LogP contribution in [0.3, 0.4) is 0 Å². The third-order valence-electron chi connectivity index (χ3n) is 4.50. The molecule has 108 valence electrons. The summed E-state index contributed by atoms with van der Waals surface area (Å²) in [5.41, 5.74) is 0. The summed E-state index contributed by atoms with van der Waals surface area (Å²) in [5.74, 6) is -1.14. The first-order valence-corrected chi connectivity index (χ1v) is 7.27. The van der Waals surface area contributed by atoms with Gasteiger partial charge in [-0.2, -0.15) is 0 Å². The Bertz CT molecular complexity index is 342. The summed E-state index contributed by atoms with van der Waals surface area (Å²) >= 11 is 0. The molecule has 1 heterocycles. The van der Waals surface area contributed by atoms with Crippen LogP contribution in [0.5, 0.6) is 0 Å². The Labute approximate surface area is 113 Å². The van der Waals surface area contributed by atoms with E-state index in [1.165, 1.54) is 0 Å². The fourth-order valence-corrected chi connectivity index (χ4v) is 3.40. The average Bonchev–Trinajstić information content (AvgIpc) is 2.89. The maximum atomic E-state index is 12.5. The smallest absolute Gasteiger partial charge is 0.306 e. The summed E-state index contributed by atoms with van der Waals surface area (Å²) in [6.07, 6.45) is 5.51. The van der Waals surface area contributed by atoms with E-state index in [2.05, 4.69) is 0 Å². The number of piperidine rings is 1. The quantitative estimate of drug-likeness (QED) is 0.805. The molecule has 0 aromatic heterocycles. The van der Waals surface area contributed by atoms with Gasteiger partial charge in [0.1, 0.15) is 0 Å². The lowest BCUT2D eigenvalue weighted by molar-refractivity contribution is -0.142. The molecule has 0 bridgehead atoms. The Balaban J connectivity index is 1.96. The summed E-state index contributed by atoms with van der Waals surface area (Å²) in [6.45, 7) is 0.870. The molecule has 2 aliphatic rings. The zero-order valence-electron chi connectivity index (χ0n) is 11.3. The topological polar surface area (TPSA) is 77.8 Å². The minimum absolute atomic E-state index is 0.108. The van der Waals surface area contributed by atoms with Gasteiger partial charge in [0.05, 0.1) is 5.92 Å². The van der Waals surface area contributed by atoms with E-state index < -0.39 is 5.97 Å². The number of likely N-dealkylation sites (tertiary alicyclic amines) is 1. The highest BCUT2D eigenvalue weighted by Gasteiger charge is 2.38. The van der Waals surface area contributed by atoms with Crippen molar-refractivity contribution in [2.45, 2.75) is 51.0 Å².